The maximum atomic E-state index is 4.00. The van der Waals surface area contributed by atoms with Gasteiger partial charge in [0.15, 0.2) is 0 Å². The van der Waals surface area contributed by atoms with Crippen LogP contribution < -0.4 is 5.32 Å². The summed E-state index contributed by atoms with van der Waals surface area (Å²) in [7, 11) is 0. The van der Waals surface area contributed by atoms with Gasteiger partial charge < -0.3 is 5.32 Å². The minimum Gasteiger partial charge on any atom is -0.308 e. The Morgan fingerprint density at radius 3 is 2.56 bits per heavy atom. The molecule has 3 heteroatoms. The van der Waals surface area contributed by atoms with Crippen molar-refractivity contribution in [2.45, 2.75) is 26.9 Å². The molecule has 84 valence electrons. The molecule has 0 aliphatic rings. The molecule has 2 heterocycles. The Morgan fingerprint density at radius 1 is 1.19 bits per heavy atom. The van der Waals surface area contributed by atoms with Crippen molar-refractivity contribution in [3.8, 4) is 0 Å². The number of aryl methyl sites for hydroxylation is 2. The van der Waals surface area contributed by atoms with Gasteiger partial charge >= 0.3 is 0 Å². The Kier molecular flexibility index (Phi) is 3.70. The molecule has 2 nitrogen and oxygen atoms in total. The smallest absolute Gasteiger partial charge is 0.0303 e. The normalized spacial score (nSPS) is 10.6. The van der Waals surface area contributed by atoms with E-state index in [0.717, 1.165) is 13.1 Å². The molecular weight excluding hydrogens is 216 g/mol. The van der Waals surface area contributed by atoms with E-state index >= 15 is 0 Å². The van der Waals surface area contributed by atoms with E-state index in [1.54, 1.807) is 0 Å². The Hall–Kier alpha value is -1.19. The van der Waals surface area contributed by atoms with Crippen molar-refractivity contribution in [1.82, 2.24) is 10.3 Å². The van der Waals surface area contributed by atoms with Gasteiger partial charge in [0.1, 0.15) is 0 Å². The van der Waals surface area contributed by atoms with Gasteiger partial charge in [-0.05, 0) is 43.2 Å². The molecule has 2 aromatic heterocycles. The highest BCUT2D eigenvalue weighted by Gasteiger charge is 2.00. The summed E-state index contributed by atoms with van der Waals surface area (Å²) in [5, 5.41) is 3.44. The number of hydrogen-bond donors (Lipinski definition) is 1. The molecule has 1 N–H and O–H groups in total. The monoisotopic (exact) mass is 232 g/mol. The summed E-state index contributed by atoms with van der Waals surface area (Å²) in [4.78, 5) is 6.82. The zero-order chi connectivity index (χ0) is 11.4. The van der Waals surface area contributed by atoms with Gasteiger partial charge in [-0.1, -0.05) is 0 Å². The molecule has 2 aromatic rings. The molecule has 0 aliphatic heterocycles. The molecule has 0 radical (unpaired) electrons. The van der Waals surface area contributed by atoms with Crippen LogP contribution >= 0.6 is 11.3 Å². The second-order valence-electron chi connectivity index (χ2n) is 3.91. The molecule has 0 amide bonds. The summed E-state index contributed by atoms with van der Waals surface area (Å²) >= 11 is 1.87. The lowest BCUT2D eigenvalue weighted by molar-refractivity contribution is 0.700. The van der Waals surface area contributed by atoms with E-state index in [4.69, 9.17) is 0 Å². The Morgan fingerprint density at radius 2 is 1.94 bits per heavy atom. The zero-order valence-corrected chi connectivity index (χ0v) is 10.5. The second kappa shape index (κ2) is 5.23. The van der Waals surface area contributed by atoms with Crippen LogP contribution in [0.2, 0.25) is 0 Å². The van der Waals surface area contributed by atoms with Crippen molar-refractivity contribution in [1.29, 1.82) is 0 Å². The van der Waals surface area contributed by atoms with Crippen LogP contribution in [0.4, 0.5) is 0 Å². The first kappa shape index (κ1) is 11.3. The van der Waals surface area contributed by atoms with E-state index in [-0.39, 0.29) is 0 Å². The molecule has 0 spiro atoms. The standard InChI is InChI=1S/C13H16N2S/c1-10-7-13(16-11(10)2)9-15-8-12-3-5-14-6-4-12/h3-7,15H,8-9H2,1-2H3. The Balaban J connectivity index is 1.84. The van der Waals surface area contributed by atoms with E-state index in [9.17, 15) is 0 Å². The van der Waals surface area contributed by atoms with Crippen molar-refractivity contribution in [3.63, 3.8) is 0 Å². The third-order valence-corrected chi connectivity index (χ3v) is 3.75. The van der Waals surface area contributed by atoms with Gasteiger partial charge in [-0.25, -0.2) is 0 Å². The number of nitrogens with one attached hydrogen (secondary N) is 1. The van der Waals surface area contributed by atoms with Crippen molar-refractivity contribution < 1.29 is 0 Å². The van der Waals surface area contributed by atoms with Gasteiger partial charge in [0, 0.05) is 35.2 Å². The van der Waals surface area contributed by atoms with E-state index in [1.165, 1.54) is 20.9 Å². The maximum Gasteiger partial charge on any atom is 0.0303 e. The van der Waals surface area contributed by atoms with Crippen LogP contribution in [0.1, 0.15) is 20.9 Å². The van der Waals surface area contributed by atoms with Crippen LogP contribution in [0.25, 0.3) is 0 Å². The molecular formula is C13H16N2S. The first-order valence-corrected chi connectivity index (χ1v) is 6.23. The van der Waals surface area contributed by atoms with Crippen LogP contribution in [0.3, 0.4) is 0 Å². The number of rotatable bonds is 4. The average molecular weight is 232 g/mol. The lowest BCUT2D eigenvalue weighted by Crippen LogP contribution is -2.11. The van der Waals surface area contributed by atoms with Crippen molar-refractivity contribution in [3.05, 3.63) is 51.5 Å². The fraction of sp³-hybridized carbons (Fsp3) is 0.308. The molecule has 0 bridgehead atoms. The fourth-order valence-electron chi connectivity index (χ4n) is 1.57. The van der Waals surface area contributed by atoms with E-state index in [0.29, 0.717) is 0 Å². The van der Waals surface area contributed by atoms with E-state index < -0.39 is 0 Å². The lowest BCUT2D eigenvalue weighted by atomic mass is 10.2. The Labute approximate surface area is 100 Å². The number of aromatic nitrogens is 1. The predicted octanol–water partition coefficient (Wildman–Crippen LogP) is 3.05. The summed E-state index contributed by atoms with van der Waals surface area (Å²) in [6.07, 6.45) is 3.66. The number of thiophene rings is 1. The second-order valence-corrected chi connectivity index (χ2v) is 5.25. The molecule has 16 heavy (non-hydrogen) atoms. The van der Waals surface area contributed by atoms with Crippen molar-refractivity contribution in [2.75, 3.05) is 0 Å². The van der Waals surface area contributed by atoms with Crippen LogP contribution in [0, 0.1) is 13.8 Å². The van der Waals surface area contributed by atoms with E-state index in [2.05, 4.69) is 30.2 Å². The van der Waals surface area contributed by atoms with Gasteiger partial charge in [0.25, 0.3) is 0 Å². The summed E-state index contributed by atoms with van der Waals surface area (Å²) < 4.78 is 0. The van der Waals surface area contributed by atoms with Crippen LogP contribution in [0.5, 0.6) is 0 Å². The first-order valence-electron chi connectivity index (χ1n) is 5.41. The SMILES string of the molecule is Cc1cc(CNCc2ccncc2)sc1C. The molecule has 0 fully saturated rings. The van der Waals surface area contributed by atoms with Crippen molar-refractivity contribution in [2.24, 2.45) is 0 Å². The van der Waals surface area contributed by atoms with E-state index in [1.807, 2.05) is 35.9 Å². The van der Waals surface area contributed by atoms with Gasteiger partial charge in [0.05, 0.1) is 0 Å². The van der Waals surface area contributed by atoms with Crippen LogP contribution in [0.15, 0.2) is 30.6 Å². The maximum absolute atomic E-state index is 4.00. The topological polar surface area (TPSA) is 24.9 Å². The van der Waals surface area contributed by atoms with Gasteiger partial charge in [0.2, 0.25) is 0 Å². The van der Waals surface area contributed by atoms with Crippen LogP contribution in [-0.4, -0.2) is 4.98 Å². The van der Waals surface area contributed by atoms with Crippen LogP contribution in [-0.2, 0) is 13.1 Å². The third-order valence-electron chi connectivity index (χ3n) is 2.59. The summed E-state index contributed by atoms with van der Waals surface area (Å²) in [5.74, 6) is 0. The highest BCUT2D eigenvalue weighted by Crippen LogP contribution is 2.20. The summed E-state index contributed by atoms with van der Waals surface area (Å²) in [5.41, 5.74) is 2.67. The quantitative estimate of drug-likeness (QED) is 0.876. The highest BCUT2D eigenvalue weighted by atomic mass is 32.1. The van der Waals surface area contributed by atoms with Gasteiger partial charge in [-0.2, -0.15) is 0 Å². The third kappa shape index (κ3) is 2.90. The molecule has 0 aromatic carbocycles. The number of hydrogen-bond acceptors (Lipinski definition) is 3. The molecule has 0 saturated carbocycles. The average Bonchev–Trinajstić information content (AvgIpc) is 2.60. The molecule has 0 unspecified atom stereocenters. The predicted molar refractivity (Wildman–Crippen MR) is 68.6 cm³/mol. The molecule has 0 atom stereocenters. The number of pyridine rings is 1. The highest BCUT2D eigenvalue weighted by molar-refractivity contribution is 7.12. The zero-order valence-electron chi connectivity index (χ0n) is 9.66. The minimum atomic E-state index is 0.901. The van der Waals surface area contributed by atoms with Crippen molar-refractivity contribution >= 4 is 11.3 Å². The number of nitrogens with zero attached hydrogens (tertiary/aromatic N) is 1. The lowest BCUT2D eigenvalue weighted by Gasteiger charge is -2.02. The molecule has 0 saturated heterocycles. The minimum absolute atomic E-state index is 0.901. The largest absolute Gasteiger partial charge is 0.308 e. The molecule has 0 aliphatic carbocycles. The molecule has 2 rings (SSSR count). The summed E-state index contributed by atoms with van der Waals surface area (Å²) in [6.45, 7) is 6.19. The van der Waals surface area contributed by atoms with Gasteiger partial charge in [-0.15, -0.1) is 11.3 Å². The fourth-order valence-corrected chi connectivity index (χ4v) is 2.59. The summed E-state index contributed by atoms with van der Waals surface area (Å²) in [6, 6.07) is 6.34. The first-order chi connectivity index (χ1) is 7.75. The van der Waals surface area contributed by atoms with Gasteiger partial charge in [-0.3, -0.25) is 4.98 Å². The Bertz CT molecular complexity index is 429.